The first-order valence-electron chi connectivity index (χ1n) is 8.10. The Morgan fingerprint density at radius 2 is 2.00 bits per heavy atom. The van der Waals surface area contributed by atoms with Gasteiger partial charge < -0.3 is 14.8 Å². The Bertz CT molecular complexity index is 407. The summed E-state index contributed by atoms with van der Waals surface area (Å²) in [5, 5.41) is 2.83. The van der Waals surface area contributed by atoms with Crippen LogP contribution in [-0.2, 0) is 14.3 Å². The SMILES string of the molecule is C=C(C)C(=O)OCC(CC)OC(=O)NCC1CC(C)CC1C. The molecule has 0 aromatic rings. The highest BCUT2D eigenvalue weighted by molar-refractivity contribution is 5.86. The molecule has 5 heteroatoms. The zero-order valence-electron chi connectivity index (χ0n) is 14.2. The molecule has 0 bridgehead atoms. The van der Waals surface area contributed by atoms with Crippen LogP contribution in [0.2, 0.25) is 0 Å². The topological polar surface area (TPSA) is 64.6 Å². The minimum atomic E-state index is -0.462. The zero-order valence-corrected chi connectivity index (χ0v) is 14.2. The van der Waals surface area contributed by atoms with Crippen LogP contribution >= 0.6 is 0 Å². The minimum absolute atomic E-state index is 0.0620. The van der Waals surface area contributed by atoms with Crippen molar-refractivity contribution in [2.75, 3.05) is 13.2 Å². The van der Waals surface area contributed by atoms with Crippen molar-refractivity contribution < 1.29 is 19.1 Å². The summed E-state index contributed by atoms with van der Waals surface area (Å²) in [6, 6.07) is 0. The summed E-state index contributed by atoms with van der Waals surface area (Å²) < 4.78 is 10.3. The first-order valence-corrected chi connectivity index (χ1v) is 8.10. The predicted octanol–water partition coefficient (Wildman–Crippen LogP) is 3.29. The van der Waals surface area contributed by atoms with Crippen molar-refractivity contribution in [2.24, 2.45) is 17.8 Å². The van der Waals surface area contributed by atoms with Crippen molar-refractivity contribution in [3.63, 3.8) is 0 Å². The van der Waals surface area contributed by atoms with Crippen LogP contribution in [0.1, 0.15) is 47.0 Å². The van der Waals surface area contributed by atoms with E-state index in [9.17, 15) is 9.59 Å². The average Bonchev–Trinajstić information content (AvgIpc) is 2.78. The van der Waals surface area contributed by atoms with E-state index in [0.717, 1.165) is 12.3 Å². The molecule has 4 unspecified atom stereocenters. The summed E-state index contributed by atoms with van der Waals surface area (Å²) in [5.41, 5.74) is 0.337. The fourth-order valence-corrected chi connectivity index (χ4v) is 2.89. The molecular formula is C17H29NO4. The van der Waals surface area contributed by atoms with Crippen LogP contribution in [0.25, 0.3) is 0 Å². The van der Waals surface area contributed by atoms with Crippen molar-refractivity contribution in [3.05, 3.63) is 12.2 Å². The lowest BCUT2D eigenvalue weighted by molar-refractivity contribution is -0.142. The Balaban J connectivity index is 2.29. The van der Waals surface area contributed by atoms with E-state index in [1.807, 2.05) is 6.92 Å². The molecule has 1 aliphatic rings. The van der Waals surface area contributed by atoms with Crippen LogP contribution in [0.5, 0.6) is 0 Å². The number of amides is 1. The van der Waals surface area contributed by atoms with E-state index in [1.165, 1.54) is 6.42 Å². The molecule has 4 atom stereocenters. The quantitative estimate of drug-likeness (QED) is 0.579. The summed E-state index contributed by atoms with van der Waals surface area (Å²) in [6.45, 7) is 12.2. The second kappa shape index (κ2) is 8.81. The van der Waals surface area contributed by atoms with E-state index in [1.54, 1.807) is 6.92 Å². The number of nitrogens with one attached hydrogen (secondary N) is 1. The normalized spacial score (nSPS) is 25.4. The molecule has 1 amide bonds. The van der Waals surface area contributed by atoms with Crippen molar-refractivity contribution in [1.82, 2.24) is 5.32 Å². The highest BCUT2D eigenvalue weighted by atomic mass is 16.6. The number of ether oxygens (including phenoxy) is 2. The molecule has 126 valence electrons. The summed E-state index contributed by atoms with van der Waals surface area (Å²) in [7, 11) is 0. The van der Waals surface area contributed by atoms with E-state index in [-0.39, 0.29) is 6.61 Å². The minimum Gasteiger partial charge on any atom is -0.458 e. The third-order valence-corrected chi connectivity index (χ3v) is 4.27. The Labute approximate surface area is 133 Å². The summed E-state index contributed by atoms with van der Waals surface area (Å²) in [6.07, 6.45) is 2.09. The lowest BCUT2D eigenvalue weighted by Gasteiger charge is -2.19. The van der Waals surface area contributed by atoms with Crippen molar-refractivity contribution >= 4 is 12.1 Å². The highest BCUT2D eigenvalue weighted by Gasteiger charge is 2.29. The second-order valence-corrected chi connectivity index (χ2v) is 6.51. The Kier molecular flexibility index (Phi) is 7.42. The van der Waals surface area contributed by atoms with Gasteiger partial charge in [0.2, 0.25) is 0 Å². The molecule has 1 saturated carbocycles. The van der Waals surface area contributed by atoms with Crippen LogP contribution < -0.4 is 5.32 Å². The number of rotatable bonds is 7. The largest absolute Gasteiger partial charge is 0.458 e. The van der Waals surface area contributed by atoms with Gasteiger partial charge in [-0.2, -0.15) is 0 Å². The molecule has 1 rings (SSSR count). The monoisotopic (exact) mass is 311 g/mol. The third-order valence-electron chi connectivity index (χ3n) is 4.27. The molecule has 0 aromatic heterocycles. The smallest absolute Gasteiger partial charge is 0.407 e. The number of hydrogen-bond acceptors (Lipinski definition) is 4. The standard InChI is InChI=1S/C17H29NO4/c1-6-15(10-21-16(19)11(2)3)22-17(20)18-9-14-8-12(4)7-13(14)5/h12-15H,2,6-10H2,1,3-5H3,(H,18,20). The van der Waals surface area contributed by atoms with Gasteiger partial charge in [0, 0.05) is 12.1 Å². The van der Waals surface area contributed by atoms with Crippen LogP contribution in [0, 0.1) is 17.8 Å². The molecule has 0 heterocycles. The van der Waals surface area contributed by atoms with Crippen LogP contribution in [0.4, 0.5) is 4.79 Å². The molecule has 1 fully saturated rings. The predicted molar refractivity (Wildman–Crippen MR) is 85.4 cm³/mol. The van der Waals surface area contributed by atoms with E-state index in [0.29, 0.717) is 30.4 Å². The van der Waals surface area contributed by atoms with Gasteiger partial charge in [-0.25, -0.2) is 9.59 Å². The van der Waals surface area contributed by atoms with Gasteiger partial charge in [0.25, 0.3) is 0 Å². The van der Waals surface area contributed by atoms with Crippen molar-refractivity contribution in [3.8, 4) is 0 Å². The van der Waals surface area contributed by atoms with Crippen LogP contribution in [0.15, 0.2) is 12.2 Å². The van der Waals surface area contributed by atoms with Gasteiger partial charge in [-0.15, -0.1) is 0 Å². The summed E-state index contributed by atoms with van der Waals surface area (Å²) in [4.78, 5) is 23.2. The van der Waals surface area contributed by atoms with Gasteiger partial charge in [-0.05, 0) is 43.9 Å². The molecule has 0 aliphatic heterocycles. The van der Waals surface area contributed by atoms with Crippen LogP contribution in [0.3, 0.4) is 0 Å². The lowest BCUT2D eigenvalue weighted by atomic mass is 9.98. The number of alkyl carbamates (subject to hydrolysis) is 1. The molecule has 22 heavy (non-hydrogen) atoms. The first kappa shape index (κ1) is 18.5. The molecule has 1 aliphatic carbocycles. The lowest BCUT2D eigenvalue weighted by Crippen LogP contribution is -2.35. The van der Waals surface area contributed by atoms with Gasteiger partial charge >= 0.3 is 12.1 Å². The Hall–Kier alpha value is -1.52. The van der Waals surface area contributed by atoms with Gasteiger partial charge in [-0.1, -0.05) is 27.4 Å². The van der Waals surface area contributed by atoms with Gasteiger partial charge in [-0.3, -0.25) is 0 Å². The maximum absolute atomic E-state index is 11.8. The number of carbonyl (C=O) groups is 2. The maximum Gasteiger partial charge on any atom is 0.407 e. The van der Waals surface area contributed by atoms with Crippen molar-refractivity contribution in [1.29, 1.82) is 0 Å². The fourth-order valence-electron chi connectivity index (χ4n) is 2.89. The van der Waals surface area contributed by atoms with E-state index in [4.69, 9.17) is 9.47 Å². The molecule has 1 N–H and O–H groups in total. The Morgan fingerprint density at radius 1 is 1.32 bits per heavy atom. The maximum atomic E-state index is 11.8. The number of carbonyl (C=O) groups excluding carboxylic acids is 2. The third kappa shape index (κ3) is 6.08. The fraction of sp³-hybridized carbons (Fsp3) is 0.765. The van der Waals surface area contributed by atoms with E-state index >= 15 is 0 Å². The molecule has 0 radical (unpaired) electrons. The van der Waals surface area contributed by atoms with Gasteiger partial charge in [0.05, 0.1) is 0 Å². The Morgan fingerprint density at radius 3 is 2.50 bits per heavy atom. The molecular weight excluding hydrogens is 282 g/mol. The first-order chi connectivity index (χ1) is 10.3. The summed E-state index contributed by atoms with van der Waals surface area (Å²) >= 11 is 0. The van der Waals surface area contributed by atoms with E-state index < -0.39 is 18.2 Å². The van der Waals surface area contributed by atoms with Crippen LogP contribution in [-0.4, -0.2) is 31.3 Å². The van der Waals surface area contributed by atoms with E-state index in [2.05, 4.69) is 25.7 Å². The number of hydrogen-bond donors (Lipinski definition) is 1. The van der Waals surface area contributed by atoms with Gasteiger partial charge in [0.1, 0.15) is 12.7 Å². The summed E-state index contributed by atoms with van der Waals surface area (Å²) in [5.74, 6) is 1.41. The average molecular weight is 311 g/mol. The second-order valence-electron chi connectivity index (χ2n) is 6.51. The van der Waals surface area contributed by atoms with Crippen molar-refractivity contribution in [2.45, 2.75) is 53.1 Å². The zero-order chi connectivity index (χ0) is 16.7. The highest BCUT2D eigenvalue weighted by Crippen LogP contribution is 2.35. The molecule has 0 aromatic carbocycles. The number of esters is 1. The molecule has 0 spiro atoms. The molecule has 5 nitrogen and oxygen atoms in total. The molecule has 0 saturated heterocycles. The van der Waals surface area contributed by atoms with Gasteiger partial charge in [0.15, 0.2) is 0 Å².